The Morgan fingerprint density at radius 2 is 1.97 bits per heavy atom. The number of hydrogen-bond acceptors (Lipinski definition) is 7. The van der Waals surface area contributed by atoms with Gasteiger partial charge in [0.2, 0.25) is 6.41 Å². The Kier molecular flexibility index (Phi) is 7.33. The molecule has 0 bridgehead atoms. The molecule has 0 spiro atoms. The minimum atomic E-state index is -3.49. The van der Waals surface area contributed by atoms with Crippen molar-refractivity contribution in [2.75, 3.05) is 36.1 Å². The van der Waals surface area contributed by atoms with E-state index in [1.54, 1.807) is 4.90 Å². The van der Waals surface area contributed by atoms with E-state index < -0.39 is 15.7 Å². The minimum Gasteiger partial charge on any atom is -0.354 e. The van der Waals surface area contributed by atoms with E-state index in [0.29, 0.717) is 11.7 Å². The van der Waals surface area contributed by atoms with Crippen molar-refractivity contribution in [3.63, 3.8) is 0 Å². The zero-order valence-corrected chi connectivity index (χ0v) is 19.7. The van der Waals surface area contributed by atoms with Crippen LogP contribution in [0.3, 0.4) is 0 Å². The molecule has 0 unspecified atom stereocenters. The van der Waals surface area contributed by atoms with Gasteiger partial charge in [-0.1, -0.05) is 0 Å². The normalized spacial score (nSPS) is 15.1. The Hall–Kier alpha value is -2.75. The molecule has 10 heteroatoms. The third kappa shape index (κ3) is 5.53. The number of carbonyl (C=O) groups is 1. The van der Waals surface area contributed by atoms with Crippen molar-refractivity contribution in [1.82, 2.24) is 14.9 Å². The Labute approximate surface area is 188 Å². The third-order valence-electron chi connectivity index (χ3n) is 5.83. The van der Waals surface area contributed by atoms with Gasteiger partial charge < -0.3 is 15.1 Å². The number of rotatable bonds is 8. The summed E-state index contributed by atoms with van der Waals surface area (Å²) in [5, 5.41) is 2.98. The summed E-state index contributed by atoms with van der Waals surface area (Å²) in [6.45, 7) is 8.40. The molecule has 8 nitrogen and oxygen atoms in total. The van der Waals surface area contributed by atoms with Crippen LogP contribution < -0.4 is 10.2 Å². The summed E-state index contributed by atoms with van der Waals surface area (Å²) in [6, 6.07) is 3.95. The first-order valence-corrected chi connectivity index (χ1v) is 12.5. The van der Waals surface area contributed by atoms with E-state index in [-0.39, 0.29) is 16.6 Å². The van der Waals surface area contributed by atoms with E-state index in [1.807, 2.05) is 6.92 Å². The van der Waals surface area contributed by atoms with E-state index in [0.717, 1.165) is 62.6 Å². The zero-order chi connectivity index (χ0) is 23.5. The van der Waals surface area contributed by atoms with Gasteiger partial charge in [0.25, 0.3) is 0 Å². The number of halogens is 1. The highest BCUT2D eigenvalue weighted by atomic mass is 32.2. The fourth-order valence-electron chi connectivity index (χ4n) is 3.87. The van der Waals surface area contributed by atoms with E-state index in [2.05, 4.69) is 34.0 Å². The molecule has 1 amide bonds. The lowest BCUT2D eigenvalue weighted by molar-refractivity contribution is -0.119. The van der Waals surface area contributed by atoms with Crippen LogP contribution in [-0.2, 0) is 14.6 Å². The molecule has 2 aromatic rings. The molecule has 1 fully saturated rings. The fraction of sp³-hybridized carbons (Fsp3) is 0.500. The van der Waals surface area contributed by atoms with Gasteiger partial charge in [0.05, 0.1) is 10.6 Å². The standard InChI is InChI=1S/C22H30FN5O3S/c1-15(2)28(12-17-7-9-27(14-29)10-8-17)22-16(3)21(24-13-25-22)26-20-6-5-18(11-19(20)23)32(4,30)31/h5-6,11,13-15,17H,7-10,12H2,1-4H3,(H,24,25,26). The lowest BCUT2D eigenvalue weighted by Gasteiger charge is -2.36. The molecule has 1 N–H and O–H groups in total. The topological polar surface area (TPSA) is 95.5 Å². The molecule has 32 heavy (non-hydrogen) atoms. The van der Waals surface area contributed by atoms with Gasteiger partial charge in [-0.15, -0.1) is 0 Å². The lowest BCUT2D eigenvalue weighted by Crippen LogP contribution is -2.41. The summed E-state index contributed by atoms with van der Waals surface area (Å²) in [5.74, 6) is 1.00. The molecule has 0 saturated carbocycles. The first kappa shape index (κ1) is 23.9. The van der Waals surface area contributed by atoms with Gasteiger partial charge in [-0.2, -0.15) is 0 Å². The van der Waals surface area contributed by atoms with Gasteiger partial charge in [0.15, 0.2) is 9.84 Å². The van der Waals surface area contributed by atoms with Crippen LogP contribution in [0.5, 0.6) is 0 Å². The summed E-state index contributed by atoms with van der Waals surface area (Å²) < 4.78 is 37.9. The smallest absolute Gasteiger partial charge is 0.209 e. The first-order valence-electron chi connectivity index (χ1n) is 10.6. The number of piperidine rings is 1. The second-order valence-corrected chi connectivity index (χ2v) is 10.6. The average Bonchev–Trinajstić information content (AvgIpc) is 2.74. The SMILES string of the molecule is Cc1c(Nc2ccc(S(C)(=O)=O)cc2F)ncnc1N(CC1CCN(C=O)CC1)C(C)C. The largest absolute Gasteiger partial charge is 0.354 e. The predicted molar refractivity (Wildman–Crippen MR) is 122 cm³/mol. The number of hydrogen-bond donors (Lipinski definition) is 1. The van der Waals surface area contributed by atoms with Gasteiger partial charge >= 0.3 is 0 Å². The van der Waals surface area contributed by atoms with Crippen LogP contribution in [0.4, 0.5) is 21.7 Å². The number of sulfone groups is 1. The van der Waals surface area contributed by atoms with Crippen LogP contribution in [0, 0.1) is 18.7 Å². The molecular weight excluding hydrogens is 433 g/mol. The van der Waals surface area contributed by atoms with Crippen LogP contribution in [-0.4, -0.2) is 61.6 Å². The molecule has 174 valence electrons. The van der Waals surface area contributed by atoms with Gasteiger partial charge in [0.1, 0.15) is 23.8 Å². The molecular formula is C22H30FN5O3S. The van der Waals surface area contributed by atoms with Crippen LogP contribution in [0.1, 0.15) is 32.3 Å². The highest BCUT2D eigenvalue weighted by molar-refractivity contribution is 7.90. The van der Waals surface area contributed by atoms with Gasteiger partial charge in [0, 0.05) is 37.5 Å². The highest BCUT2D eigenvalue weighted by Crippen LogP contribution is 2.30. The molecule has 1 aromatic carbocycles. The maximum Gasteiger partial charge on any atom is 0.209 e. The summed E-state index contributed by atoms with van der Waals surface area (Å²) in [4.78, 5) is 23.7. The number of nitrogens with zero attached hydrogens (tertiary/aromatic N) is 4. The van der Waals surface area contributed by atoms with Crippen LogP contribution in [0.25, 0.3) is 0 Å². The molecule has 0 radical (unpaired) electrons. The van der Waals surface area contributed by atoms with Gasteiger partial charge in [-0.05, 0) is 57.7 Å². The molecule has 1 saturated heterocycles. The molecule has 1 aliphatic heterocycles. The number of carbonyl (C=O) groups excluding carboxylic acids is 1. The summed E-state index contributed by atoms with van der Waals surface area (Å²) in [5.41, 5.74) is 0.917. The molecule has 2 heterocycles. The monoisotopic (exact) mass is 463 g/mol. The van der Waals surface area contributed by atoms with Crippen molar-refractivity contribution in [2.24, 2.45) is 5.92 Å². The summed E-state index contributed by atoms with van der Waals surface area (Å²) in [6.07, 6.45) is 5.27. The summed E-state index contributed by atoms with van der Waals surface area (Å²) >= 11 is 0. The molecule has 0 aliphatic carbocycles. The molecule has 1 aromatic heterocycles. The predicted octanol–water partition coefficient (Wildman–Crippen LogP) is 3.15. The molecule has 1 aliphatic rings. The van der Waals surface area contributed by atoms with Crippen molar-refractivity contribution in [2.45, 2.75) is 44.6 Å². The Morgan fingerprint density at radius 3 is 2.53 bits per heavy atom. The maximum atomic E-state index is 14.5. The fourth-order valence-corrected chi connectivity index (χ4v) is 4.51. The quantitative estimate of drug-likeness (QED) is 0.601. The molecule has 3 rings (SSSR count). The lowest BCUT2D eigenvalue weighted by atomic mass is 9.96. The van der Waals surface area contributed by atoms with E-state index in [1.165, 1.54) is 18.5 Å². The Morgan fingerprint density at radius 1 is 1.28 bits per heavy atom. The number of nitrogens with one attached hydrogen (secondary N) is 1. The number of amides is 1. The average molecular weight is 464 g/mol. The second-order valence-electron chi connectivity index (χ2n) is 8.54. The van der Waals surface area contributed by atoms with Crippen molar-refractivity contribution < 1.29 is 17.6 Å². The van der Waals surface area contributed by atoms with E-state index >= 15 is 0 Å². The zero-order valence-electron chi connectivity index (χ0n) is 18.9. The number of benzene rings is 1. The van der Waals surface area contributed by atoms with Crippen LogP contribution >= 0.6 is 0 Å². The maximum absolute atomic E-state index is 14.5. The number of anilines is 3. The first-order chi connectivity index (χ1) is 15.1. The van der Waals surface area contributed by atoms with Crippen molar-refractivity contribution in [3.8, 4) is 0 Å². The van der Waals surface area contributed by atoms with Crippen molar-refractivity contribution in [3.05, 3.63) is 35.9 Å². The minimum absolute atomic E-state index is 0.0766. The number of aromatic nitrogens is 2. The highest BCUT2D eigenvalue weighted by Gasteiger charge is 2.24. The van der Waals surface area contributed by atoms with Gasteiger partial charge in [-0.25, -0.2) is 22.8 Å². The van der Waals surface area contributed by atoms with Gasteiger partial charge in [-0.3, -0.25) is 4.79 Å². The Bertz CT molecular complexity index is 1070. The van der Waals surface area contributed by atoms with Crippen LogP contribution in [0.15, 0.2) is 29.4 Å². The van der Waals surface area contributed by atoms with Crippen LogP contribution in [0.2, 0.25) is 0 Å². The van der Waals surface area contributed by atoms with E-state index in [9.17, 15) is 17.6 Å². The third-order valence-corrected chi connectivity index (χ3v) is 6.94. The molecule has 0 atom stereocenters. The van der Waals surface area contributed by atoms with E-state index in [4.69, 9.17) is 0 Å². The summed E-state index contributed by atoms with van der Waals surface area (Å²) in [7, 11) is -3.49. The van der Waals surface area contributed by atoms with Crippen molar-refractivity contribution >= 4 is 33.6 Å². The number of likely N-dealkylation sites (tertiary alicyclic amines) is 1. The second kappa shape index (κ2) is 9.81. The Balaban J connectivity index is 1.82. The van der Waals surface area contributed by atoms with Crippen molar-refractivity contribution in [1.29, 1.82) is 0 Å².